The van der Waals surface area contributed by atoms with E-state index in [2.05, 4.69) is 11.4 Å². The van der Waals surface area contributed by atoms with Crippen LogP contribution in [0.15, 0.2) is 18.2 Å². The molecule has 1 heterocycles. The first-order chi connectivity index (χ1) is 9.89. The van der Waals surface area contributed by atoms with E-state index in [0.717, 1.165) is 18.6 Å². The van der Waals surface area contributed by atoms with Crippen molar-refractivity contribution in [2.75, 3.05) is 13.2 Å². The van der Waals surface area contributed by atoms with E-state index in [1.54, 1.807) is 0 Å². The van der Waals surface area contributed by atoms with Gasteiger partial charge in [0, 0.05) is 6.54 Å². The summed E-state index contributed by atoms with van der Waals surface area (Å²) < 4.78 is 10.7. The summed E-state index contributed by atoms with van der Waals surface area (Å²) in [6, 6.07) is 5.89. The number of hydrogen-bond acceptors (Lipinski definition) is 4. The minimum atomic E-state index is -0.517. The number of rotatable bonds is 3. The monoisotopic (exact) mass is 292 g/mol. The smallest absolute Gasteiger partial charge is 0.408 e. The Bertz CT molecular complexity index is 509. The van der Waals surface area contributed by atoms with Crippen molar-refractivity contribution >= 4 is 6.09 Å². The van der Waals surface area contributed by atoms with Gasteiger partial charge in [-0.15, -0.1) is 0 Å². The van der Waals surface area contributed by atoms with Gasteiger partial charge in [0.2, 0.25) is 0 Å². The number of carbonyl (C=O) groups is 1. The Morgan fingerprint density at radius 2 is 2.19 bits per heavy atom. The van der Waals surface area contributed by atoms with Crippen LogP contribution in [0.1, 0.15) is 43.5 Å². The first kappa shape index (κ1) is 15.8. The second kappa shape index (κ2) is 6.45. The first-order valence-corrected chi connectivity index (χ1v) is 7.28. The molecule has 0 spiro atoms. The van der Waals surface area contributed by atoms with Gasteiger partial charge in [-0.25, -0.2) is 4.79 Å². The maximum atomic E-state index is 11.9. The Hall–Kier alpha value is -1.59. The van der Waals surface area contributed by atoms with E-state index in [9.17, 15) is 4.79 Å². The first-order valence-electron chi connectivity index (χ1n) is 7.28. The van der Waals surface area contributed by atoms with Gasteiger partial charge in [-0.2, -0.15) is 0 Å². The summed E-state index contributed by atoms with van der Waals surface area (Å²) in [6.45, 7) is 7.23. The van der Waals surface area contributed by atoms with Gasteiger partial charge in [-0.05, 0) is 43.9 Å². The zero-order chi connectivity index (χ0) is 15.5. The van der Waals surface area contributed by atoms with Crippen LogP contribution in [0.25, 0.3) is 0 Å². The van der Waals surface area contributed by atoms with Gasteiger partial charge >= 0.3 is 6.09 Å². The molecule has 1 unspecified atom stereocenters. The molecule has 0 saturated carbocycles. The van der Waals surface area contributed by atoms with Gasteiger partial charge in [0.15, 0.2) is 0 Å². The van der Waals surface area contributed by atoms with Crippen LogP contribution < -0.4 is 11.1 Å². The second-order valence-corrected chi connectivity index (χ2v) is 6.27. The van der Waals surface area contributed by atoms with Crippen LogP contribution in [-0.4, -0.2) is 24.8 Å². The molecule has 0 saturated heterocycles. The Kier molecular flexibility index (Phi) is 4.85. The van der Waals surface area contributed by atoms with E-state index in [1.165, 1.54) is 11.1 Å². The number of alkyl carbamates (subject to hydrolysis) is 1. The van der Waals surface area contributed by atoms with Crippen molar-refractivity contribution in [2.45, 2.75) is 45.4 Å². The number of nitrogens with one attached hydrogen (secondary N) is 1. The fourth-order valence-corrected chi connectivity index (χ4v) is 2.33. The van der Waals surface area contributed by atoms with Gasteiger partial charge in [-0.3, -0.25) is 0 Å². The third kappa shape index (κ3) is 4.44. The molecule has 1 aromatic rings. The Balaban J connectivity index is 2.08. The molecular formula is C16H24N2O3. The zero-order valence-electron chi connectivity index (χ0n) is 12.9. The summed E-state index contributed by atoms with van der Waals surface area (Å²) in [5, 5.41) is 2.83. The number of fused-ring (bicyclic) bond motifs is 1. The fraction of sp³-hybridized carbons (Fsp3) is 0.562. The minimum absolute atomic E-state index is 0.243. The lowest BCUT2D eigenvalue weighted by molar-refractivity contribution is 0.0505. The average Bonchev–Trinajstić information content (AvgIpc) is 2.42. The standard InChI is InChI=1S/C16H24N2O3/c1-16(2,3)21-15(19)18-14(9-17)12-4-5-13-10-20-7-6-11(13)8-12/h4-5,8,14H,6-7,9-10,17H2,1-3H3,(H,18,19). The predicted octanol–water partition coefficient (Wildman–Crippen LogP) is 2.28. The maximum absolute atomic E-state index is 11.9. The molecule has 0 radical (unpaired) electrons. The molecule has 0 aromatic heterocycles. The van der Waals surface area contributed by atoms with Crippen molar-refractivity contribution in [3.05, 3.63) is 34.9 Å². The molecule has 116 valence electrons. The molecule has 21 heavy (non-hydrogen) atoms. The highest BCUT2D eigenvalue weighted by molar-refractivity contribution is 5.68. The molecule has 5 nitrogen and oxygen atoms in total. The quantitative estimate of drug-likeness (QED) is 0.896. The summed E-state index contributed by atoms with van der Waals surface area (Å²) in [6.07, 6.45) is 0.450. The van der Waals surface area contributed by atoms with Crippen LogP contribution in [0, 0.1) is 0 Å². The van der Waals surface area contributed by atoms with E-state index >= 15 is 0 Å². The predicted molar refractivity (Wildman–Crippen MR) is 81.0 cm³/mol. The summed E-state index contributed by atoms with van der Waals surface area (Å²) in [5.41, 5.74) is 8.76. The number of hydrogen-bond donors (Lipinski definition) is 2. The molecule has 2 rings (SSSR count). The topological polar surface area (TPSA) is 73.6 Å². The van der Waals surface area contributed by atoms with E-state index in [1.807, 2.05) is 32.9 Å². The van der Waals surface area contributed by atoms with Gasteiger partial charge in [0.1, 0.15) is 5.60 Å². The molecule has 5 heteroatoms. The SMILES string of the molecule is CC(C)(C)OC(=O)NC(CN)c1ccc2c(c1)CCOC2. The average molecular weight is 292 g/mol. The van der Waals surface area contributed by atoms with Gasteiger partial charge in [0.05, 0.1) is 19.3 Å². The lowest BCUT2D eigenvalue weighted by atomic mass is 9.97. The Labute approximate surface area is 125 Å². The second-order valence-electron chi connectivity index (χ2n) is 6.27. The number of ether oxygens (including phenoxy) is 2. The summed E-state index contributed by atoms with van der Waals surface area (Å²) in [5.74, 6) is 0. The largest absolute Gasteiger partial charge is 0.444 e. The van der Waals surface area contributed by atoms with Crippen molar-refractivity contribution in [1.29, 1.82) is 0 Å². The summed E-state index contributed by atoms with van der Waals surface area (Å²) >= 11 is 0. The number of nitrogens with two attached hydrogens (primary N) is 1. The Morgan fingerprint density at radius 1 is 1.43 bits per heavy atom. The summed E-state index contributed by atoms with van der Waals surface area (Å²) in [4.78, 5) is 11.9. The molecule has 0 fully saturated rings. The van der Waals surface area contributed by atoms with Crippen molar-refractivity contribution in [1.82, 2.24) is 5.32 Å². The van der Waals surface area contributed by atoms with Crippen molar-refractivity contribution in [3.63, 3.8) is 0 Å². The van der Waals surface area contributed by atoms with Crippen molar-refractivity contribution < 1.29 is 14.3 Å². The van der Waals surface area contributed by atoms with Crippen LogP contribution in [0.4, 0.5) is 4.79 Å². The summed E-state index contributed by atoms with van der Waals surface area (Å²) in [7, 11) is 0. The number of benzene rings is 1. The third-order valence-electron chi connectivity index (χ3n) is 3.33. The molecular weight excluding hydrogens is 268 g/mol. The van der Waals surface area contributed by atoms with Crippen molar-refractivity contribution in [3.8, 4) is 0 Å². The number of carbonyl (C=O) groups excluding carboxylic acids is 1. The fourth-order valence-electron chi connectivity index (χ4n) is 2.33. The molecule has 1 amide bonds. The van der Waals surface area contributed by atoms with Gasteiger partial charge in [-0.1, -0.05) is 18.2 Å². The lowest BCUT2D eigenvalue weighted by Crippen LogP contribution is -2.37. The molecule has 1 aliphatic heterocycles. The minimum Gasteiger partial charge on any atom is -0.444 e. The normalized spacial score (nSPS) is 16.0. The van der Waals surface area contributed by atoms with Gasteiger partial charge in [0.25, 0.3) is 0 Å². The van der Waals surface area contributed by atoms with E-state index in [-0.39, 0.29) is 6.04 Å². The van der Waals surface area contributed by atoms with E-state index in [4.69, 9.17) is 15.2 Å². The maximum Gasteiger partial charge on any atom is 0.408 e. The highest BCUT2D eigenvalue weighted by atomic mass is 16.6. The molecule has 1 aromatic carbocycles. The third-order valence-corrected chi connectivity index (χ3v) is 3.33. The van der Waals surface area contributed by atoms with Crippen LogP contribution >= 0.6 is 0 Å². The van der Waals surface area contributed by atoms with Crippen LogP contribution in [0.5, 0.6) is 0 Å². The van der Waals surface area contributed by atoms with Gasteiger partial charge < -0.3 is 20.5 Å². The zero-order valence-corrected chi connectivity index (χ0v) is 12.9. The van der Waals surface area contributed by atoms with Crippen LogP contribution in [0.3, 0.4) is 0 Å². The van der Waals surface area contributed by atoms with E-state index in [0.29, 0.717) is 13.2 Å². The Morgan fingerprint density at radius 3 is 2.86 bits per heavy atom. The molecule has 1 aliphatic rings. The molecule has 0 aliphatic carbocycles. The van der Waals surface area contributed by atoms with Crippen LogP contribution in [-0.2, 0) is 22.5 Å². The number of amides is 1. The highest BCUT2D eigenvalue weighted by Gasteiger charge is 2.20. The molecule has 1 atom stereocenters. The van der Waals surface area contributed by atoms with Crippen molar-refractivity contribution in [2.24, 2.45) is 5.73 Å². The highest BCUT2D eigenvalue weighted by Crippen LogP contribution is 2.22. The lowest BCUT2D eigenvalue weighted by Gasteiger charge is -2.24. The van der Waals surface area contributed by atoms with E-state index < -0.39 is 11.7 Å². The van der Waals surface area contributed by atoms with Crippen LogP contribution in [0.2, 0.25) is 0 Å². The molecule has 0 bridgehead atoms. The molecule has 3 N–H and O–H groups in total.